The summed E-state index contributed by atoms with van der Waals surface area (Å²) < 4.78 is 0. The van der Waals surface area contributed by atoms with Crippen molar-refractivity contribution in [2.45, 2.75) is 52.0 Å². The lowest BCUT2D eigenvalue weighted by atomic mass is 9.93. The van der Waals surface area contributed by atoms with E-state index < -0.39 is 0 Å². The quantitative estimate of drug-likeness (QED) is 0.768. The maximum Gasteiger partial charge on any atom is 0.225 e. The Morgan fingerprint density at radius 1 is 1.35 bits per heavy atom. The number of hydrogen-bond donors (Lipinski definition) is 2. The summed E-state index contributed by atoms with van der Waals surface area (Å²) in [5.74, 6) is 2.03. The molecule has 2 rings (SSSR count). The van der Waals surface area contributed by atoms with Crippen LogP contribution in [0.1, 0.15) is 46.0 Å². The molecule has 1 heterocycles. The van der Waals surface area contributed by atoms with Crippen LogP contribution in [0.5, 0.6) is 0 Å². The molecule has 2 N–H and O–H groups in total. The van der Waals surface area contributed by atoms with Crippen LogP contribution in [-0.2, 0) is 4.79 Å². The summed E-state index contributed by atoms with van der Waals surface area (Å²) in [5.41, 5.74) is 0. The van der Waals surface area contributed by atoms with Crippen LogP contribution >= 0.6 is 0 Å². The van der Waals surface area contributed by atoms with Crippen molar-refractivity contribution >= 4 is 5.91 Å². The average molecular weight is 238 g/mol. The molecular formula is C14H26N2O. The van der Waals surface area contributed by atoms with E-state index in [-0.39, 0.29) is 11.8 Å². The Hall–Kier alpha value is -0.570. The third kappa shape index (κ3) is 3.44. The van der Waals surface area contributed by atoms with Crippen LogP contribution in [-0.4, -0.2) is 25.0 Å². The van der Waals surface area contributed by atoms with Crippen molar-refractivity contribution in [2.75, 3.05) is 13.1 Å². The van der Waals surface area contributed by atoms with Crippen LogP contribution in [0.25, 0.3) is 0 Å². The highest BCUT2D eigenvalue weighted by Gasteiger charge is 2.32. The van der Waals surface area contributed by atoms with E-state index in [0.29, 0.717) is 6.04 Å². The minimum absolute atomic E-state index is 0.237. The van der Waals surface area contributed by atoms with Gasteiger partial charge >= 0.3 is 0 Å². The number of carbonyl (C=O) groups is 1. The minimum atomic E-state index is 0.237. The number of amides is 1. The van der Waals surface area contributed by atoms with Crippen LogP contribution in [0, 0.1) is 17.8 Å². The van der Waals surface area contributed by atoms with Gasteiger partial charge in [0.15, 0.2) is 0 Å². The fourth-order valence-corrected chi connectivity index (χ4v) is 2.89. The summed E-state index contributed by atoms with van der Waals surface area (Å²) in [4.78, 5) is 11.9. The van der Waals surface area contributed by atoms with Crippen molar-refractivity contribution in [1.29, 1.82) is 0 Å². The van der Waals surface area contributed by atoms with E-state index in [2.05, 4.69) is 24.5 Å². The van der Waals surface area contributed by atoms with Crippen molar-refractivity contribution < 1.29 is 4.79 Å². The molecule has 3 nitrogen and oxygen atoms in total. The molecule has 2 fully saturated rings. The molecule has 0 radical (unpaired) electrons. The van der Waals surface area contributed by atoms with E-state index in [1.54, 1.807) is 0 Å². The van der Waals surface area contributed by atoms with E-state index >= 15 is 0 Å². The van der Waals surface area contributed by atoms with E-state index in [1.165, 1.54) is 32.1 Å². The first-order chi connectivity index (χ1) is 8.16. The van der Waals surface area contributed by atoms with Gasteiger partial charge in [-0.2, -0.15) is 0 Å². The molecule has 0 aromatic carbocycles. The predicted molar refractivity (Wildman–Crippen MR) is 69.7 cm³/mol. The molecule has 2 aliphatic rings. The zero-order chi connectivity index (χ0) is 12.3. The molecule has 1 saturated carbocycles. The Morgan fingerprint density at radius 3 is 2.71 bits per heavy atom. The zero-order valence-electron chi connectivity index (χ0n) is 11.2. The monoisotopic (exact) mass is 238 g/mol. The summed E-state index contributed by atoms with van der Waals surface area (Å²) in [6, 6.07) is 0.460. The summed E-state index contributed by atoms with van der Waals surface area (Å²) >= 11 is 0. The van der Waals surface area contributed by atoms with Crippen LogP contribution in [0.3, 0.4) is 0 Å². The van der Waals surface area contributed by atoms with Crippen molar-refractivity contribution in [2.24, 2.45) is 17.8 Å². The van der Waals surface area contributed by atoms with Gasteiger partial charge in [0.25, 0.3) is 0 Å². The SMILES string of the molecule is CC(C)CCC1CCCC1NC(=O)C1CNC1. The predicted octanol–water partition coefficient (Wildman–Crippen LogP) is 1.93. The van der Waals surface area contributed by atoms with E-state index in [1.807, 2.05) is 0 Å². The van der Waals surface area contributed by atoms with Crippen LogP contribution in [0.2, 0.25) is 0 Å². The van der Waals surface area contributed by atoms with Gasteiger partial charge in [-0.15, -0.1) is 0 Å². The van der Waals surface area contributed by atoms with Gasteiger partial charge in [-0.05, 0) is 31.1 Å². The Bertz CT molecular complexity index is 261. The van der Waals surface area contributed by atoms with Crippen LogP contribution in [0.15, 0.2) is 0 Å². The Labute approximate surface area is 105 Å². The van der Waals surface area contributed by atoms with Gasteiger partial charge < -0.3 is 10.6 Å². The van der Waals surface area contributed by atoms with E-state index in [9.17, 15) is 4.79 Å². The standard InChI is InChI=1S/C14H26N2O/c1-10(2)6-7-11-4-3-5-13(11)16-14(17)12-8-15-9-12/h10-13,15H,3-9H2,1-2H3,(H,16,17). The van der Waals surface area contributed by atoms with E-state index in [4.69, 9.17) is 0 Å². The fourth-order valence-electron chi connectivity index (χ4n) is 2.89. The molecule has 2 unspecified atom stereocenters. The summed E-state index contributed by atoms with van der Waals surface area (Å²) in [6.45, 7) is 6.30. The number of rotatable bonds is 5. The van der Waals surface area contributed by atoms with Crippen LogP contribution in [0.4, 0.5) is 0 Å². The van der Waals surface area contributed by atoms with Gasteiger partial charge in [0.1, 0.15) is 0 Å². The first kappa shape index (κ1) is 12.9. The lowest BCUT2D eigenvalue weighted by Gasteiger charge is -2.29. The first-order valence-corrected chi connectivity index (χ1v) is 7.18. The highest BCUT2D eigenvalue weighted by Crippen LogP contribution is 2.30. The summed E-state index contributed by atoms with van der Waals surface area (Å²) in [7, 11) is 0. The second kappa shape index (κ2) is 5.85. The number of nitrogens with one attached hydrogen (secondary N) is 2. The van der Waals surface area contributed by atoms with Gasteiger partial charge in [-0.3, -0.25) is 4.79 Å². The number of carbonyl (C=O) groups excluding carboxylic acids is 1. The third-order valence-corrected chi connectivity index (χ3v) is 4.25. The molecule has 98 valence electrons. The summed E-state index contributed by atoms with van der Waals surface area (Å²) in [5, 5.41) is 6.43. The van der Waals surface area contributed by atoms with Crippen molar-refractivity contribution in [3.63, 3.8) is 0 Å². The normalized spacial score (nSPS) is 29.4. The Kier molecular flexibility index (Phi) is 4.43. The molecule has 2 atom stereocenters. The molecule has 0 aromatic heterocycles. The van der Waals surface area contributed by atoms with E-state index in [0.717, 1.165) is 24.9 Å². The lowest BCUT2D eigenvalue weighted by Crippen LogP contribution is -2.53. The largest absolute Gasteiger partial charge is 0.353 e. The molecule has 1 amide bonds. The highest BCUT2D eigenvalue weighted by atomic mass is 16.2. The Balaban J connectivity index is 1.75. The molecule has 0 aromatic rings. The number of hydrogen-bond acceptors (Lipinski definition) is 2. The maximum atomic E-state index is 11.9. The van der Waals surface area contributed by atoms with Crippen LogP contribution < -0.4 is 10.6 Å². The van der Waals surface area contributed by atoms with Crippen molar-refractivity contribution in [3.05, 3.63) is 0 Å². The minimum Gasteiger partial charge on any atom is -0.353 e. The summed E-state index contributed by atoms with van der Waals surface area (Å²) in [6.07, 6.45) is 6.36. The third-order valence-electron chi connectivity index (χ3n) is 4.25. The molecular weight excluding hydrogens is 212 g/mol. The topological polar surface area (TPSA) is 41.1 Å². The van der Waals surface area contributed by atoms with Crippen molar-refractivity contribution in [1.82, 2.24) is 10.6 Å². The molecule has 1 aliphatic heterocycles. The van der Waals surface area contributed by atoms with Gasteiger partial charge in [0.2, 0.25) is 5.91 Å². The van der Waals surface area contributed by atoms with Gasteiger partial charge in [-0.25, -0.2) is 0 Å². The Morgan fingerprint density at radius 2 is 2.12 bits per heavy atom. The smallest absolute Gasteiger partial charge is 0.225 e. The second-order valence-electron chi connectivity index (χ2n) is 6.13. The lowest BCUT2D eigenvalue weighted by molar-refractivity contribution is -0.127. The van der Waals surface area contributed by atoms with Crippen molar-refractivity contribution in [3.8, 4) is 0 Å². The molecule has 17 heavy (non-hydrogen) atoms. The zero-order valence-corrected chi connectivity index (χ0v) is 11.2. The van der Waals surface area contributed by atoms with Gasteiger partial charge in [0.05, 0.1) is 5.92 Å². The molecule has 0 bridgehead atoms. The maximum absolute atomic E-state index is 11.9. The van der Waals surface area contributed by atoms with Gasteiger partial charge in [0, 0.05) is 19.1 Å². The molecule has 1 aliphatic carbocycles. The average Bonchev–Trinajstić information content (AvgIpc) is 2.59. The van der Waals surface area contributed by atoms with Gasteiger partial charge in [-0.1, -0.05) is 26.7 Å². The fraction of sp³-hybridized carbons (Fsp3) is 0.929. The first-order valence-electron chi connectivity index (χ1n) is 7.18. The molecule has 1 saturated heterocycles. The molecule has 0 spiro atoms. The second-order valence-corrected chi connectivity index (χ2v) is 6.13. The highest BCUT2D eigenvalue weighted by molar-refractivity contribution is 5.80. The molecule has 3 heteroatoms.